The van der Waals surface area contributed by atoms with E-state index < -0.39 is 0 Å². The molecule has 0 N–H and O–H groups in total. The fraction of sp³-hybridized carbons (Fsp3) is 0.588. The lowest BCUT2D eigenvalue weighted by Gasteiger charge is -2.39. The SMILES string of the molecule is CC(C)(C)C1CCC(C#N)C(Sc2ccccc2Br)C1. The Bertz CT molecular complexity index is 500. The van der Waals surface area contributed by atoms with E-state index in [9.17, 15) is 5.26 Å². The van der Waals surface area contributed by atoms with E-state index in [2.05, 4.69) is 61.0 Å². The van der Waals surface area contributed by atoms with Crippen LogP contribution in [0.4, 0.5) is 0 Å². The van der Waals surface area contributed by atoms with E-state index >= 15 is 0 Å². The van der Waals surface area contributed by atoms with Gasteiger partial charge >= 0.3 is 0 Å². The number of thioether (sulfide) groups is 1. The van der Waals surface area contributed by atoms with Gasteiger partial charge in [0.2, 0.25) is 0 Å². The lowest BCUT2D eigenvalue weighted by Crippen LogP contribution is -2.33. The first kappa shape index (κ1) is 15.9. The summed E-state index contributed by atoms with van der Waals surface area (Å²) in [5, 5.41) is 9.84. The van der Waals surface area contributed by atoms with Gasteiger partial charge in [0.25, 0.3) is 0 Å². The van der Waals surface area contributed by atoms with Crippen molar-refractivity contribution in [2.45, 2.75) is 50.2 Å². The number of hydrogen-bond acceptors (Lipinski definition) is 2. The second kappa shape index (κ2) is 6.54. The van der Waals surface area contributed by atoms with E-state index in [1.54, 1.807) is 0 Å². The second-order valence-electron chi connectivity index (χ2n) is 6.70. The van der Waals surface area contributed by atoms with Gasteiger partial charge in [-0.15, -0.1) is 11.8 Å². The Hall–Kier alpha value is -0.460. The summed E-state index contributed by atoms with van der Waals surface area (Å²) in [5.41, 5.74) is 0.340. The standard InChI is InChI=1S/C17H22BrNS/c1-17(2,3)13-9-8-12(11-19)16(10-13)20-15-7-5-4-6-14(15)18/h4-7,12-13,16H,8-10H2,1-3H3. The predicted molar refractivity (Wildman–Crippen MR) is 89.7 cm³/mol. The van der Waals surface area contributed by atoms with Gasteiger partial charge in [-0.25, -0.2) is 0 Å². The number of rotatable bonds is 2. The Morgan fingerprint density at radius 1 is 1.25 bits per heavy atom. The highest BCUT2D eigenvalue weighted by Crippen LogP contribution is 2.46. The van der Waals surface area contributed by atoms with Gasteiger partial charge in [0.15, 0.2) is 0 Å². The van der Waals surface area contributed by atoms with Gasteiger partial charge in [-0.3, -0.25) is 0 Å². The van der Waals surface area contributed by atoms with Crippen LogP contribution in [0.1, 0.15) is 40.0 Å². The summed E-state index contributed by atoms with van der Waals surface area (Å²) >= 11 is 5.49. The van der Waals surface area contributed by atoms with E-state index in [4.69, 9.17) is 0 Å². The Morgan fingerprint density at radius 2 is 1.95 bits per heavy atom. The third-order valence-electron chi connectivity index (χ3n) is 4.30. The molecule has 0 aliphatic heterocycles. The first-order chi connectivity index (χ1) is 9.41. The van der Waals surface area contributed by atoms with Crippen LogP contribution in [0.25, 0.3) is 0 Å². The van der Waals surface area contributed by atoms with Crippen molar-refractivity contribution in [3.8, 4) is 6.07 Å². The molecule has 3 unspecified atom stereocenters. The van der Waals surface area contributed by atoms with Crippen molar-refractivity contribution in [2.24, 2.45) is 17.3 Å². The summed E-state index contributed by atoms with van der Waals surface area (Å²) in [6.45, 7) is 6.97. The summed E-state index contributed by atoms with van der Waals surface area (Å²) in [6, 6.07) is 10.9. The fourth-order valence-electron chi connectivity index (χ4n) is 2.90. The maximum atomic E-state index is 9.42. The quantitative estimate of drug-likeness (QED) is 0.662. The van der Waals surface area contributed by atoms with Gasteiger partial charge in [-0.2, -0.15) is 5.26 Å². The molecule has 0 aromatic heterocycles. The molecule has 2 rings (SSSR count). The van der Waals surface area contributed by atoms with Crippen molar-refractivity contribution in [1.29, 1.82) is 5.26 Å². The normalized spacial score (nSPS) is 27.1. The first-order valence-electron chi connectivity index (χ1n) is 7.22. The average molecular weight is 352 g/mol. The number of nitrogens with zero attached hydrogens (tertiary/aromatic N) is 1. The van der Waals surface area contributed by atoms with Gasteiger partial charge in [-0.1, -0.05) is 32.9 Å². The van der Waals surface area contributed by atoms with Crippen molar-refractivity contribution < 1.29 is 0 Å². The van der Waals surface area contributed by atoms with Crippen LogP contribution in [-0.4, -0.2) is 5.25 Å². The van der Waals surface area contributed by atoms with Crippen LogP contribution in [0.15, 0.2) is 33.6 Å². The van der Waals surface area contributed by atoms with Crippen LogP contribution in [0.3, 0.4) is 0 Å². The van der Waals surface area contributed by atoms with E-state index in [1.807, 2.05) is 17.8 Å². The lowest BCUT2D eigenvalue weighted by molar-refractivity contribution is 0.169. The minimum Gasteiger partial charge on any atom is -0.198 e. The van der Waals surface area contributed by atoms with Crippen LogP contribution in [-0.2, 0) is 0 Å². The molecule has 1 aromatic carbocycles. The molecule has 0 amide bonds. The Labute approximate surface area is 135 Å². The first-order valence-corrected chi connectivity index (χ1v) is 8.90. The van der Waals surface area contributed by atoms with Gasteiger partial charge in [0.1, 0.15) is 0 Å². The molecule has 1 aliphatic carbocycles. The molecule has 1 fully saturated rings. The molecule has 1 saturated carbocycles. The van der Waals surface area contributed by atoms with Crippen LogP contribution < -0.4 is 0 Å². The molecule has 20 heavy (non-hydrogen) atoms. The van der Waals surface area contributed by atoms with Crippen LogP contribution >= 0.6 is 27.7 Å². The summed E-state index contributed by atoms with van der Waals surface area (Å²) < 4.78 is 1.14. The van der Waals surface area contributed by atoms with Gasteiger partial charge in [-0.05, 0) is 58.7 Å². The van der Waals surface area contributed by atoms with Gasteiger partial charge in [0, 0.05) is 14.6 Å². The molecule has 3 heteroatoms. The zero-order valence-electron chi connectivity index (χ0n) is 12.4. The third-order valence-corrected chi connectivity index (χ3v) is 6.68. The summed E-state index contributed by atoms with van der Waals surface area (Å²) in [6.07, 6.45) is 3.38. The molecule has 108 valence electrons. The molecule has 1 aliphatic rings. The van der Waals surface area contributed by atoms with Crippen molar-refractivity contribution in [3.63, 3.8) is 0 Å². The average Bonchev–Trinajstić information content (AvgIpc) is 2.40. The van der Waals surface area contributed by atoms with E-state index in [0.717, 1.165) is 17.3 Å². The van der Waals surface area contributed by atoms with Crippen molar-refractivity contribution in [2.75, 3.05) is 0 Å². The van der Waals surface area contributed by atoms with Crippen molar-refractivity contribution >= 4 is 27.7 Å². The van der Waals surface area contributed by atoms with E-state index in [1.165, 1.54) is 11.3 Å². The molecular weight excluding hydrogens is 330 g/mol. The highest BCUT2D eigenvalue weighted by atomic mass is 79.9. The number of nitriles is 1. The largest absolute Gasteiger partial charge is 0.198 e. The number of benzene rings is 1. The molecule has 0 bridgehead atoms. The minimum absolute atomic E-state index is 0.186. The Kier molecular flexibility index (Phi) is 5.20. The maximum absolute atomic E-state index is 9.42. The summed E-state index contributed by atoms with van der Waals surface area (Å²) in [7, 11) is 0. The second-order valence-corrected chi connectivity index (χ2v) is 8.83. The molecular formula is C17H22BrNS. The fourth-order valence-corrected chi connectivity index (χ4v) is 4.82. The smallest absolute Gasteiger partial charge is 0.0667 e. The molecule has 0 spiro atoms. The highest BCUT2D eigenvalue weighted by Gasteiger charge is 2.36. The predicted octanol–water partition coefficient (Wildman–Crippen LogP) is 5.90. The lowest BCUT2D eigenvalue weighted by atomic mass is 9.70. The molecule has 0 heterocycles. The van der Waals surface area contributed by atoms with E-state index in [0.29, 0.717) is 16.6 Å². The highest BCUT2D eigenvalue weighted by molar-refractivity contribution is 9.10. The molecule has 1 nitrogen and oxygen atoms in total. The summed E-state index contributed by atoms with van der Waals surface area (Å²) in [5.74, 6) is 0.901. The topological polar surface area (TPSA) is 23.8 Å². The van der Waals surface area contributed by atoms with E-state index in [-0.39, 0.29) is 5.92 Å². The Morgan fingerprint density at radius 3 is 2.55 bits per heavy atom. The third kappa shape index (κ3) is 3.80. The van der Waals surface area contributed by atoms with Crippen LogP contribution in [0.5, 0.6) is 0 Å². The van der Waals surface area contributed by atoms with Crippen molar-refractivity contribution in [1.82, 2.24) is 0 Å². The zero-order valence-corrected chi connectivity index (χ0v) is 14.8. The summed E-state index contributed by atoms with van der Waals surface area (Å²) in [4.78, 5) is 1.26. The van der Waals surface area contributed by atoms with Gasteiger partial charge < -0.3 is 0 Å². The number of halogens is 1. The molecule has 0 radical (unpaired) electrons. The maximum Gasteiger partial charge on any atom is 0.0667 e. The van der Waals surface area contributed by atoms with Crippen LogP contribution in [0.2, 0.25) is 0 Å². The van der Waals surface area contributed by atoms with Crippen molar-refractivity contribution in [3.05, 3.63) is 28.7 Å². The molecule has 0 saturated heterocycles. The number of hydrogen-bond donors (Lipinski definition) is 0. The van der Waals surface area contributed by atoms with Crippen LogP contribution in [0, 0.1) is 28.6 Å². The minimum atomic E-state index is 0.186. The van der Waals surface area contributed by atoms with Gasteiger partial charge in [0.05, 0.1) is 12.0 Å². The zero-order chi connectivity index (χ0) is 14.8. The molecule has 3 atom stereocenters. The Balaban J connectivity index is 2.14. The molecule has 1 aromatic rings. The monoisotopic (exact) mass is 351 g/mol.